The molecule has 1 aliphatic carbocycles. The first-order chi connectivity index (χ1) is 6.31. The molecule has 0 atom stereocenters. The summed E-state index contributed by atoms with van der Waals surface area (Å²) in [5.74, 6) is 0. The van der Waals surface area contributed by atoms with E-state index >= 15 is 0 Å². The van der Waals surface area contributed by atoms with Crippen LogP contribution < -0.4 is 0 Å². The van der Waals surface area contributed by atoms with Gasteiger partial charge in [0, 0.05) is 13.1 Å². The van der Waals surface area contributed by atoms with Crippen LogP contribution in [0.3, 0.4) is 0 Å². The van der Waals surface area contributed by atoms with E-state index in [1.165, 1.54) is 38.5 Å². The summed E-state index contributed by atoms with van der Waals surface area (Å²) in [6, 6.07) is 0. The monoisotopic (exact) mass is 183 g/mol. The molecule has 0 bridgehead atoms. The van der Waals surface area contributed by atoms with E-state index in [2.05, 4.69) is 11.9 Å². The average molecular weight is 183 g/mol. The van der Waals surface area contributed by atoms with Crippen molar-refractivity contribution in [1.29, 1.82) is 0 Å². The molecule has 2 fully saturated rings. The molecule has 13 heavy (non-hydrogen) atoms. The summed E-state index contributed by atoms with van der Waals surface area (Å²) in [4.78, 5) is 2.43. The standard InChI is InChI=1S/C11H21NO/c1-12-8-9-13-11(10-12)6-4-2-3-5-7-11/h2-10H2,1H3. The van der Waals surface area contributed by atoms with Gasteiger partial charge < -0.3 is 9.64 Å². The third-order valence-corrected chi connectivity index (χ3v) is 3.45. The second-order valence-electron chi connectivity index (χ2n) is 4.68. The van der Waals surface area contributed by atoms with Crippen LogP contribution in [0, 0.1) is 0 Å². The highest BCUT2D eigenvalue weighted by atomic mass is 16.5. The van der Waals surface area contributed by atoms with E-state index < -0.39 is 0 Å². The van der Waals surface area contributed by atoms with Gasteiger partial charge in [-0.3, -0.25) is 0 Å². The lowest BCUT2D eigenvalue weighted by Gasteiger charge is -2.41. The average Bonchev–Trinajstić information content (AvgIpc) is 2.31. The molecule has 0 aromatic rings. The van der Waals surface area contributed by atoms with E-state index in [9.17, 15) is 0 Å². The minimum absolute atomic E-state index is 0.240. The van der Waals surface area contributed by atoms with Gasteiger partial charge in [-0.05, 0) is 19.9 Å². The number of nitrogens with zero attached hydrogens (tertiary/aromatic N) is 1. The van der Waals surface area contributed by atoms with Crippen LogP contribution in [0.1, 0.15) is 38.5 Å². The molecule has 76 valence electrons. The first kappa shape index (κ1) is 9.47. The summed E-state index contributed by atoms with van der Waals surface area (Å²) >= 11 is 0. The van der Waals surface area contributed by atoms with E-state index in [0.717, 1.165) is 19.7 Å². The first-order valence-corrected chi connectivity index (χ1v) is 5.63. The predicted molar refractivity (Wildman–Crippen MR) is 53.9 cm³/mol. The molecule has 2 aliphatic rings. The highest BCUT2D eigenvalue weighted by molar-refractivity contribution is 4.88. The fraction of sp³-hybridized carbons (Fsp3) is 1.00. The summed E-state index contributed by atoms with van der Waals surface area (Å²) in [7, 11) is 2.22. The quantitative estimate of drug-likeness (QED) is 0.570. The van der Waals surface area contributed by atoms with Gasteiger partial charge >= 0.3 is 0 Å². The third-order valence-electron chi connectivity index (χ3n) is 3.45. The van der Waals surface area contributed by atoms with Gasteiger partial charge in [-0.1, -0.05) is 25.7 Å². The van der Waals surface area contributed by atoms with E-state index in [1.54, 1.807) is 0 Å². The van der Waals surface area contributed by atoms with Crippen LogP contribution in [0.25, 0.3) is 0 Å². The molecule has 1 spiro atoms. The largest absolute Gasteiger partial charge is 0.372 e. The maximum absolute atomic E-state index is 6.02. The van der Waals surface area contributed by atoms with Gasteiger partial charge in [0.1, 0.15) is 0 Å². The maximum atomic E-state index is 6.02. The van der Waals surface area contributed by atoms with Gasteiger partial charge in [0.15, 0.2) is 0 Å². The van der Waals surface area contributed by atoms with Crippen molar-refractivity contribution in [3.8, 4) is 0 Å². The van der Waals surface area contributed by atoms with Gasteiger partial charge in [0.2, 0.25) is 0 Å². The fourth-order valence-corrected chi connectivity index (χ4v) is 2.71. The molecule has 0 aromatic carbocycles. The second kappa shape index (κ2) is 3.97. The summed E-state index contributed by atoms with van der Waals surface area (Å²) in [5, 5.41) is 0. The molecule has 1 aliphatic heterocycles. The molecule has 1 saturated heterocycles. The lowest BCUT2D eigenvalue weighted by molar-refractivity contribution is -0.111. The Morgan fingerprint density at radius 2 is 1.77 bits per heavy atom. The van der Waals surface area contributed by atoms with Crippen molar-refractivity contribution in [1.82, 2.24) is 4.90 Å². The van der Waals surface area contributed by atoms with Crippen molar-refractivity contribution in [2.75, 3.05) is 26.7 Å². The van der Waals surface area contributed by atoms with Crippen molar-refractivity contribution < 1.29 is 4.74 Å². The van der Waals surface area contributed by atoms with Crippen molar-refractivity contribution in [3.63, 3.8) is 0 Å². The molecule has 2 heteroatoms. The number of hydrogen-bond acceptors (Lipinski definition) is 2. The zero-order valence-corrected chi connectivity index (χ0v) is 8.72. The Morgan fingerprint density at radius 1 is 1.08 bits per heavy atom. The zero-order valence-electron chi connectivity index (χ0n) is 8.72. The van der Waals surface area contributed by atoms with Crippen molar-refractivity contribution in [2.45, 2.75) is 44.1 Å². The van der Waals surface area contributed by atoms with Crippen LogP contribution in [-0.4, -0.2) is 37.2 Å². The Morgan fingerprint density at radius 3 is 2.38 bits per heavy atom. The minimum Gasteiger partial charge on any atom is -0.372 e. The third kappa shape index (κ3) is 2.23. The fourth-order valence-electron chi connectivity index (χ4n) is 2.71. The predicted octanol–water partition coefficient (Wildman–Crippen LogP) is 2.04. The summed E-state index contributed by atoms with van der Waals surface area (Å²) in [6.07, 6.45) is 8.14. The van der Waals surface area contributed by atoms with Crippen molar-refractivity contribution in [3.05, 3.63) is 0 Å². The molecule has 1 heterocycles. The van der Waals surface area contributed by atoms with Crippen LogP contribution >= 0.6 is 0 Å². The number of morpholine rings is 1. The normalized spacial score (nSPS) is 30.2. The van der Waals surface area contributed by atoms with E-state index in [0.29, 0.717) is 0 Å². The van der Waals surface area contributed by atoms with E-state index in [-0.39, 0.29) is 5.60 Å². The Hall–Kier alpha value is -0.0800. The lowest BCUT2D eigenvalue weighted by Crippen LogP contribution is -2.50. The number of likely N-dealkylation sites (N-methyl/N-ethyl adjacent to an activating group) is 1. The molecular formula is C11H21NO. The van der Waals surface area contributed by atoms with Crippen molar-refractivity contribution in [2.24, 2.45) is 0 Å². The Labute approximate surface area is 81.3 Å². The molecule has 0 N–H and O–H groups in total. The van der Waals surface area contributed by atoms with Crippen LogP contribution in [0.5, 0.6) is 0 Å². The molecule has 2 rings (SSSR count). The lowest BCUT2D eigenvalue weighted by atomic mass is 9.92. The summed E-state index contributed by atoms with van der Waals surface area (Å²) < 4.78 is 6.02. The topological polar surface area (TPSA) is 12.5 Å². The zero-order chi connectivity index (χ0) is 9.15. The molecule has 1 saturated carbocycles. The van der Waals surface area contributed by atoms with E-state index in [4.69, 9.17) is 4.74 Å². The highest BCUT2D eigenvalue weighted by Gasteiger charge is 2.35. The van der Waals surface area contributed by atoms with Crippen molar-refractivity contribution >= 4 is 0 Å². The van der Waals surface area contributed by atoms with Crippen LogP contribution in [0.4, 0.5) is 0 Å². The van der Waals surface area contributed by atoms with Crippen LogP contribution in [-0.2, 0) is 4.74 Å². The van der Waals surface area contributed by atoms with E-state index in [1.807, 2.05) is 0 Å². The molecule has 0 radical (unpaired) electrons. The van der Waals surface area contributed by atoms with Gasteiger partial charge in [-0.25, -0.2) is 0 Å². The molecule has 0 unspecified atom stereocenters. The van der Waals surface area contributed by atoms with Crippen LogP contribution in [0.15, 0.2) is 0 Å². The minimum atomic E-state index is 0.240. The molecular weight excluding hydrogens is 162 g/mol. The number of rotatable bonds is 0. The highest BCUT2D eigenvalue weighted by Crippen LogP contribution is 2.32. The van der Waals surface area contributed by atoms with Gasteiger partial charge in [-0.2, -0.15) is 0 Å². The molecule has 2 nitrogen and oxygen atoms in total. The number of ether oxygens (including phenoxy) is 1. The molecule has 0 aromatic heterocycles. The smallest absolute Gasteiger partial charge is 0.0809 e. The Bertz CT molecular complexity index is 161. The molecule has 0 amide bonds. The number of hydrogen-bond donors (Lipinski definition) is 0. The maximum Gasteiger partial charge on any atom is 0.0809 e. The second-order valence-corrected chi connectivity index (χ2v) is 4.68. The van der Waals surface area contributed by atoms with Crippen LogP contribution in [0.2, 0.25) is 0 Å². The Balaban J connectivity index is 1.99. The van der Waals surface area contributed by atoms with Gasteiger partial charge in [-0.15, -0.1) is 0 Å². The Kier molecular flexibility index (Phi) is 2.89. The SMILES string of the molecule is CN1CCOC2(CCCCCC2)C1. The van der Waals surface area contributed by atoms with Gasteiger partial charge in [0.05, 0.1) is 12.2 Å². The van der Waals surface area contributed by atoms with Gasteiger partial charge in [0.25, 0.3) is 0 Å². The first-order valence-electron chi connectivity index (χ1n) is 5.63. The summed E-state index contributed by atoms with van der Waals surface area (Å²) in [5.41, 5.74) is 0.240. The summed E-state index contributed by atoms with van der Waals surface area (Å²) in [6.45, 7) is 3.21.